The van der Waals surface area contributed by atoms with E-state index in [0.717, 1.165) is 24.4 Å². The van der Waals surface area contributed by atoms with Gasteiger partial charge in [0.05, 0.1) is 18.0 Å². The lowest BCUT2D eigenvalue weighted by Crippen LogP contribution is -2.29. The number of nitrogens with one attached hydrogen (secondary N) is 1. The highest BCUT2D eigenvalue weighted by atomic mass is 16.5. The van der Waals surface area contributed by atoms with E-state index in [1.807, 2.05) is 18.2 Å². The molecule has 18 heavy (non-hydrogen) atoms. The van der Waals surface area contributed by atoms with Gasteiger partial charge in [0.2, 0.25) is 0 Å². The average Bonchev–Trinajstić information content (AvgIpc) is 2.29. The lowest BCUT2D eigenvalue weighted by Gasteiger charge is -2.21. The van der Waals surface area contributed by atoms with Gasteiger partial charge in [0.25, 0.3) is 0 Å². The molecule has 0 aliphatic rings. The molecule has 1 aromatic carbocycles. The van der Waals surface area contributed by atoms with Gasteiger partial charge in [0, 0.05) is 12.6 Å². The molecule has 0 heterocycles. The van der Waals surface area contributed by atoms with Gasteiger partial charge >= 0.3 is 0 Å². The Hall–Kier alpha value is -1.42. The Kier molecular flexibility index (Phi) is 5.78. The second-order valence-corrected chi connectivity index (χ2v) is 4.87. The maximum atomic E-state index is 6.10. The van der Waals surface area contributed by atoms with E-state index in [1.165, 1.54) is 0 Å². The molecule has 4 heteroatoms. The van der Waals surface area contributed by atoms with Crippen LogP contribution in [0.2, 0.25) is 0 Å². The van der Waals surface area contributed by atoms with E-state index in [1.54, 1.807) is 0 Å². The lowest BCUT2D eigenvalue weighted by molar-refractivity contribution is 0.319. The second kappa shape index (κ2) is 7.11. The molecule has 0 bridgehead atoms. The molecular weight excluding hydrogens is 226 g/mol. The van der Waals surface area contributed by atoms with Crippen molar-refractivity contribution in [2.45, 2.75) is 26.3 Å². The van der Waals surface area contributed by atoms with Gasteiger partial charge in [-0.25, -0.2) is 0 Å². The molecule has 1 aromatic rings. The Morgan fingerprint density at radius 2 is 2.11 bits per heavy atom. The minimum absolute atomic E-state index is 0.337. The molecule has 0 saturated heterocycles. The largest absolute Gasteiger partial charge is 0.491 e. The third-order valence-corrected chi connectivity index (χ3v) is 2.57. The van der Waals surface area contributed by atoms with Crippen molar-refractivity contribution in [1.29, 1.82) is 0 Å². The average molecular weight is 251 g/mol. The first-order valence-electron chi connectivity index (χ1n) is 6.47. The van der Waals surface area contributed by atoms with Gasteiger partial charge in [0.15, 0.2) is 0 Å². The molecule has 3 N–H and O–H groups in total. The molecule has 0 aliphatic carbocycles. The zero-order valence-corrected chi connectivity index (χ0v) is 11.9. The van der Waals surface area contributed by atoms with Crippen LogP contribution < -0.4 is 15.8 Å². The third-order valence-electron chi connectivity index (χ3n) is 2.57. The second-order valence-electron chi connectivity index (χ2n) is 4.87. The number of anilines is 2. The summed E-state index contributed by atoms with van der Waals surface area (Å²) in [5.41, 5.74) is 7.74. The first kappa shape index (κ1) is 14.6. The van der Waals surface area contributed by atoms with Gasteiger partial charge in [-0.15, -0.1) is 0 Å². The van der Waals surface area contributed by atoms with Crippen LogP contribution >= 0.6 is 0 Å². The standard InChI is InChI=1S/C14H25N3O/c1-5-9-18-13-8-6-7-12(14(13)15)16-11(2)10-17(3)4/h6-8,11,16H,5,9-10,15H2,1-4H3. The van der Waals surface area contributed by atoms with Gasteiger partial charge in [-0.2, -0.15) is 0 Å². The number of hydrogen-bond acceptors (Lipinski definition) is 4. The van der Waals surface area contributed by atoms with Gasteiger partial charge < -0.3 is 20.7 Å². The van der Waals surface area contributed by atoms with E-state index in [-0.39, 0.29) is 0 Å². The van der Waals surface area contributed by atoms with E-state index in [4.69, 9.17) is 10.5 Å². The number of nitrogen functional groups attached to an aromatic ring is 1. The van der Waals surface area contributed by atoms with Crippen LogP contribution in [0.25, 0.3) is 0 Å². The highest BCUT2D eigenvalue weighted by molar-refractivity contribution is 5.73. The maximum Gasteiger partial charge on any atom is 0.144 e. The van der Waals surface area contributed by atoms with Crippen LogP contribution in [0.4, 0.5) is 11.4 Å². The molecule has 0 aromatic heterocycles. The predicted molar refractivity (Wildman–Crippen MR) is 78.3 cm³/mol. The van der Waals surface area contributed by atoms with Crippen molar-refractivity contribution in [2.75, 3.05) is 38.3 Å². The summed E-state index contributed by atoms with van der Waals surface area (Å²) in [6.07, 6.45) is 0.980. The smallest absolute Gasteiger partial charge is 0.144 e. The van der Waals surface area contributed by atoms with Gasteiger partial charge in [-0.3, -0.25) is 0 Å². The van der Waals surface area contributed by atoms with E-state index >= 15 is 0 Å². The van der Waals surface area contributed by atoms with Crippen molar-refractivity contribution in [3.8, 4) is 5.75 Å². The molecule has 1 atom stereocenters. The first-order valence-corrected chi connectivity index (χ1v) is 6.47. The number of para-hydroxylation sites is 1. The number of ether oxygens (including phenoxy) is 1. The number of benzene rings is 1. The lowest BCUT2D eigenvalue weighted by atomic mass is 10.2. The summed E-state index contributed by atoms with van der Waals surface area (Å²) < 4.78 is 5.61. The van der Waals surface area contributed by atoms with Gasteiger partial charge in [-0.1, -0.05) is 13.0 Å². The maximum absolute atomic E-state index is 6.10. The summed E-state index contributed by atoms with van der Waals surface area (Å²) in [6, 6.07) is 6.20. The Morgan fingerprint density at radius 1 is 1.39 bits per heavy atom. The molecule has 0 saturated carbocycles. The third kappa shape index (κ3) is 4.45. The van der Waals surface area contributed by atoms with Crippen LogP contribution in [0.3, 0.4) is 0 Å². The van der Waals surface area contributed by atoms with Crippen molar-refractivity contribution in [3.05, 3.63) is 18.2 Å². The number of hydrogen-bond donors (Lipinski definition) is 2. The van der Waals surface area contributed by atoms with E-state index in [2.05, 4.69) is 38.2 Å². The summed E-state index contributed by atoms with van der Waals surface area (Å²) in [4.78, 5) is 2.14. The van der Waals surface area contributed by atoms with E-state index in [9.17, 15) is 0 Å². The summed E-state index contributed by atoms with van der Waals surface area (Å²) >= 11 is 0. The van der Waals surface area contributed by atoms with Gasteiger partial charge in [0.1, 0.15) is 5.75 Å². The number of likely N-dealkylation sites (N-methyl/N-ethyl adjacent to an activating group) is 1. The molecule has 1 unspecified atom stereocenters. The highest BCUT2D eigenvalue weighted by Crippen LogP contribution is 2.29. The van der Waals surface area contributed by atoms with E-state index in [0.29, 0.717) is 18.3 Å². The summed E-state index contributed by atoms with van der Waals surface area (Å²) in [5, 5.41) is 3.41. The van der Waals surface area contributed by atoms with Crippen molar-refractivity contribution in [3.63, 3.8) is 0 Å². The van der Waals surface area contributed by atoms with Crippen LogP contribution in [0.5, 0.6) is 5.75 Å². The molecule has 1 rings (SSSR count). The monoisotopic (exact) mass is 251 g/mol. The summed E-state index contributed by atoms with van der Waals surface area (Å²) in [7, 11) is 4.12. The molecule has 0 fully saturated rings. The van der Waals surface area contributed by atoms with E-state index < -0.39 is 0 Å². The van der Waals surface area contributed by atoms with Crippen molar-refractivity contribution >= 4 is 11.4 Å². The van der Waals surface area contributed by atoms with Crippen molar-refractivity contribution in [2.24, 2.45) is 0 Å². The Labute approximate surface area is 110 Å². The van der Waals surface area contributed by atoms with Crippen LogP contribution in [0, 0.1) is 0 Å². The zero-order chi connectivity index (χ0) is 13.5. The fourth-order valence-electron chi connectivity index (χ4n) is 1.87. The van der Waals surface area contributed by atoms with Crippen molar-refractivity contribution < 1.29 is 4.74 Å². The SMILES string of the molecule is CCCOc1cccc(NC(C)CN(C)C)c1N. The van der Waals surface area contributed by atoms with Crippen LogP contribution in [0.1, 0.15) is 20.3 Å². The number of nitrogens with zero attached hydrogens (tertiary/aromatic N) is 1. The Balaban J connectivity index is 2.70. The van der Waals surface area contributed by atoms with Crippen LogP contribution in [-0.4, -0.2) is 38.2 Å². The number of rotatable bonds is 7. The van der Waals surface area contributed by atoms with Crippen LogP contribution in [-0.2, 0) is 0 Å². The predicted octanol–water partition coefficient (Wildman–Crippen LogP) is 2.42. The normalized spacial score (nSPS) is 12.5. The fourth-order valence-corrected chi connectivity index (χ4v) is 1.87. The number of nitrogens with two attached hydrogens (primary N) is 1. The van der Waals surface area contributed by atoms with Crippen molar-refractivity contribution in [1.82, 2.24) is 4.90 Å². The minimum Gasteiger partial charge on any atom is -0.491 e. The van der Waals surface area contributed by atoms with Crippen LogP contribution in [0.15, 0.2) is 18.2 Å². The Bertz CT molecular complexity index is 366. The minimum atomic E-state index is 0.337. The topological polar surface area (TPSA) is 50.5 Å². The Morgan fingerprint density at radius 3 is 2.72 bits per heavy atom. The molecule has 4 nitrogen and oxygen atoms in total. The summed E-state index contributed by atoms with van der Waals surface area (Å²) in [5.74, 6) is 0.763. The molecule has 0 aliphatic heterocycles. The molecular formula is C14H25N3O. The molecule has 0 spiro atoms. The fraction of sp³-hybridized carbons (Fsp3) is 0.571. The quantitative estimate of drug-likeness (QED) is 0.731. The highest BCUT2D eigenvalue weighted by Gasteiger charge is 2.09. The van der Waals surface area contributed by atoms with Gasteiger partial charge in [-0.05, 0) is 39.6 Å². The summed E-state index contributed by atoms with van der Waals surface area (Å²) in [6.45, 7) is 5.87. The molecule has 102 valence electrons. The first-order chi connectivity index (χ1) is 8.54. The zero-order valence-electron chi connectivity index (χ0n) is 11.9. The molecule has 0 radical (unpaired) electrons. The molecule has 0 amide bonds.